The van der Waals surface area contributed by atoms with Gasteiger partial charge in [-0.05, 0) is 38.3 Å². The highest BCUT2D eigenvalue weighted by Crippen LogP contribution is 2.24. The predicted molar refractivity (Wildman–Crippen MR) is 85.1 cm³/mol. The molecule has 21 heavy (non-hydrogen) atoms. The Kier molecular flexibility index (Phi) is 6.18. The standard InChI is InChI=1S/C17H28N2O2/c1-17(20,15-6-3-2-4-7-15)14-19-11-8-16(9-12-19)21-13-5-10-18/h2-4,6-7,16,20H,5,8-14,18H2,1H3. The van der Waals surface area contributed by atoms with Crippen LogP contribution in [0.15, 0.2) is 30.3 Å². The number of benzene rings is 1. The molecule has 0 aliphatic carbocycles. The summed E-state index contributed by atoms with van der Waals surface area (Å²) >= 11 is 0. The minimum Gasteiger partial charge on any atom is -0.384 e. The van der Waals surface area contributed by atoms with Gasteiger partial charge in [-0.2, -0.15) is 0 Å². The number of β-amino-alcohol motifs (C(OH)–C–C–N with tert-alkyl or cyclic N) is 1. The second-order valence-electron chi connectivity index (χ2n) is 6.13. The molecule has 118 valence electrons. The van der Waals surface area contributed by atoms with Gasteiger partial charge in [-0.15, -0.1) is 0 Å². The average Bonchev–Trinajstić information content (AvgIpc) is 2.50. The van der Waals surface area contributed by atoms with Crippen LogP contribution in [0.2, 0.25) is 0 Å². The lowest BCUT2D eigenvalue weighted by atomic mass is 9.94. The third-order valence-electron chi connectivity index (χ3n) is 4.16. The molecule has 1 aliphatic rings. The first-order valence-electron chi connectivity index (χ1n) is 7.94. The van der Waals surface area contributed by atoms with Crippen LogP contribution in [0.25, 0.3) is 0 Å². The summed E-state index contributed by atoms with van der Waals surface area (Å²) in [5.41, 5.74) is 5.66. The Labute approximate surface area is 127 Å². The van der Waals surface area contributed by atoms with Crippen molar-refractivity contribution in [2.45, 2.75) is 37.9 Å². The summed E-state index contributed by atoms with van der Waals surface area (Å²) in [5, 5.41) is 10.7. The molecule has 1 aromatic carbocycles. The maximum Gasteiger partial charge on any atom is 0.0994 e. The number of nitrogens with zero attached hydrogens (tertiary/aromatic N) is 1. The zero-order valence-electron chi connectivity index (χ0n) is 13.0. The van der Waals surface area contributed by atoms with E-state index in [-0.39, 0.29) is 0 Å². The van der Waals surface area contributed by atoms with E-state index >= 15 is 0 Å². The van der Waals surface area contributed by atoms with Crippen LogP contribution in [-0.4, -0.2) is 48.9 Å². The minimum atomic E-state index is -0.797. The van der Waals surface area contributed by atoms with Gasteiger partial charge in [0.1, 0.15) is 0 Å². The van der Waals surface area contributed by atoms with E-state index in [4.69, 9.17) is 10.5 Å². The number of ether oxygens (including phenoxy) is 1. The molecule has 0 saturated carbocycles. The first-order chi connectivity index (χ1) is 10.1. The normalized spacial score (nSPS) is 20.3. The van der Waals surface area contributed by atoms with Gasteiger partial charge in [0.25, 0.3) is 0 Å². The number of piperidine rings is 1. The van der Waals surface area contributed by atoms with Crippen LogP contribution in [0.5, 0.6) is 0 Å². The first-order valence-corrected chi connectivity index (χ1v) is 7.94. The fourth-order valence-corrected chi connectivity index (χ4v) is 2.89. The van der Waals surface area contributed by atoms with E-state index in [9.17, 15) is 5.11 Å². The summed E-state index contributed by atoms with van der Waals surface area (Å²) in [6.45, 7) is 5.99. The third-order valence-corrected chi connectivity index (χ3v) is 4.16. The zero-order chi connectivity index (χ0) is 15.1. The van der Waals surface area contributed by atoms with Crippen LogP contribution in [0.4, 0.5) is 0 Å². The van der Waals surface area contributed by atoms with Crippen molar-refractivity contribution in [2.24, 2.45) is 5.73 Å². The lowest BCUT2D eigenvalue weighted by Gasteiger charge is -2.36. The fraction of sp³-hybridized carbons (Fsp3) is 0.647. The number of rotatable bonds is 7. The fourth-order valence-electron chi connectivity index (χ4n) is 2.89. The van der Waals surface area contributed by atoms with Crippen LogP contribution in [-0.2, 0) is 10.3 Å². The van der Waals surface area contributed by atoms with Gasteiger partial charge in [-0.3, -0.25) is 4.90 Å². The van der Waals surface area contributed by atoms with Crippen molar-refractivity contribution in [3.8, 4) is 0 Å². The number of hydrogen-bond donors (Lipinski definition) is 2. The molecule has 0 amide bonds. The highest BCUT2D eigenvalue weighted by atomic mass is 16.5. The molecule has 4 heteroatoms. The smallest absolute Gasteiger partial charge is 0.0994 e. The van der Waals surface area contributed by atoms with Gasteiger partial charge in [0.05, 0.1) is 11.7 Å². The summed E-state index contributed by atoms with van der Waals surface area (Å²) in [7, 11) is 0. The second kappa shape index (κ2) is 7.90. The summed E-state index contributed by atoms with van der Waals surface area (Å²) in [6.07, 6.45) is 3.36. The first kappa shape index (κ1) is 16.4. The number of hydrogen-bond acceptors (Lipinski definition) is 4. The van der Waals surface area contributed by atoms with Gasteiger partial charge in [0, 0.05) is 26.2 Å². The van der Waals surface area contributed by atoms with E-state index in [1.165, 1.54) is 0 Å². The van der Waals surface area contributed by atoms with E-state index in [0.29, 0.717) is 19.2 Å². The lowest BCUT2D eigenvalue weighted by Crippen LogP contribution is -2.44. The quantitative estimate of drug-likeness (QED) is 0.751. The van der Waals surface area contributed by atoms with Crippen molar-refractivity contribution < 1.29 is 9.84 Å². The molecule has 0 bridgehead atoms. The van der Waals surface area contributed by atoms with Crippen LogP contribution < -0.4 is 5.73 Å². The molecule has 0 spiro atoms. The average molecular weight is 292 g/mol. The molecule has 1 saturated heterocycles. The summed E-state index contributed by atoms with van der Waals surface area (Å²) in [6, 6.07) is 9.90. The maximum absolute atomic E-state index is 10.7. The van der Waals surface area contributed by atoms with E-state index in [1.807, 2.05) is 37.3 Å². The summed E-state index contributed by atoms with van der Waals surface area (Å²) in [4.78, 5) is 2.33. The number of nitrogens with two attached hydrogens (primary N) is 1. The minimum absolute atomic E-state index is 0.356. The topological polar surface area (TPSA) is 58.7 Å². The molecule has 1 fully saturated rings. The highest BCUT2D eigenvalue weighted by Gasteiger charge is 2.28. The van der Waals surface area contributed by atoms with Crippen molar-refractivity contribution in [3.63, 3.8) is 0 Å². The molecule has 1 atom stereocenters. The van der Waals surface area contributed by atoms with Crippen molar-refractivity contribution in [1.29, 1.82) is 0 Å². The molecule has 1 aliphatic heterocycles. The van der Waals surface area contributed by atoms with Crippen molar-refractivity contribution >= 4 is 0 Å². The maximum atomic E-state index is 10.7. The largest absolute Gasteiger partial charge is 0.384 e. The Bertz CT molecular complexity index is 401. The van der Waals surface area contributed by atoms with Crippen molar-refractivity contribution in [1.82, 2.24) is 4.90 Å². The molecular formula is C17H28N2O2. The van der Waals surface area contributed by atoms with Gasteiger partial charge >= 0.3 is 0 Å². The molecule has 1 aromatic rings. The van der Waals surface area contributed by atoms with E-state index in [2.05, 4.69) is 4.90 Å². The third kappa shape index (κ3) is 5.08. The Morgan fingerprint density at radius 2 is 1.95 bits per heavy atom. The van der Waals surface area contributed by atoms with Gasteiger partial charge in [-0.25, -0.2) is 0 Å². The Hall–Kier alpha value is -0.940. The number of aliphatic hydroxyl groups is 1. The zero-order valence-corrected chi connectivity index (χ0v) is 13.0. The Balaban J connectivity index is 1.78. The van der Waals surface area contributed by atoms with Crippen molar-refractivity contribution in [3.05, 3.63) is 35.9 Å². The SMILES string of the molecule is CC(O)(CN1CCC(OCCCN)CC1)c1ccccc1. The Morgan fingerprint density at radius 1 is 1.29 bits per heavy atom. The van der Waals surface area contributed by atoms with Crippen LogP contribution in [0, 0.1) is 0 Å². The van der Waals surface area contributed by atoms with Gasteiger partial charge in [0.15, 0.2) is 0 Å². The van der Waals surface area contributed by atoms with Gasteiger partial charge < -0.3 is 15.6 Å². The van der Waals surface area contributed by atoms with Crippen LogP contribution >= 0.6 is 0 Å². The van der Waals surface area contributed by atoms with Crippen molar-refractivity contribution in [2.75, 3.05) is 32.8 Å². The predicted octanol–water partition coefficient (Wildman–Crippen LogP) is 1.72. The monoisotopic (exact) mass is 292 g/mol. The van der Waals surface area contributed by atoms with E-state index in [0.717, 1.165) is 44.5 Å². The van der Waals surface area contributed by atoms with Crippen LogP contribution in [0.1, 0.15) is 31.7 Å². The molecule has 4 nitrogen and oxygen atoms in total. The van der Waals surface area contributed by atoms with Crippen LogP contribution in [0.3, 0.4) is 0 Å². The van der Waals surface area contributed by atoms with Gasteiger partial charge in [-0.1, -0.05) is 30.3 Å². The molecule has 0 radical (unpaired) electrons. The van der Waals surface area contributed by atoms with E-state index < -0.39 is 5.60 Å². The second-order valence-corrected chi connectivity index (χ2v) is 6.13. The Morgan fingerprint density at radius 3 is 2.57 bits per heavy atom. The molecule has 2 rings (SSSR count). The molecule has 3 N–H and O–H groups in total. The van der Waals surface area contributed by atoms with E-state index in [1.54, 1.807) is 0 Å². The molecule has 1 heterocycles. The molecular weight excluding hydrogens is 264 g/mol. The number of likely N-dealkylation sites (tertiary alicyclic amines) is 1. The summed E-state index contributed by atoms with van der Waals surface area (Å²) in [5.74, 6) is 0. The highest BCUT2D eigenvalue weighted by molar-refractivity contribution is 5.21. The summed E-state index contributed by atoms with van der Waals surface area (Å²) < 4.78 is 5.82. The molecule has 1 unspecified atom stereocenters. The lowest BCUT2D eigenvalue weighted by molar-refractivity contribution is -0.0265. The molecule has 0 aromatic heterocycles. The van der Waals surface area contributed by atoms with Gasteiger partial charge in [0.2, 0.25) is 0 Å².